The van der Waals surface area contributed by atoms with Gasteiger partial charge in [-0.05, 0) is 12.8 Å². The Morgan fingerprint density at radius 3 is 2.57 bits per heavy atom. The van der Waals surface area contributed by atoms with Gasteiger partial charge in [0.2, 0.25) is 5.92 Å². The second-order valence-electron chi connectivity index (χ2n) is 3.17. The number of aliphatic carboxylic acids is 1. The maximum absolute atomic E-state index is 12.9. The fraction of sp³-hybridized carbons (Fsp3) is 0.667. The molecule has 3 nitrogen and oxygen atoms in total. The maximum atomic E-state index is 12.9. The summed E-state index contributed by atoms with van der Waals surface area (Å²) < 4.78 is 25.9. The van der Waals surface area contributed by atoms with Crippen molar-refractivity contribution in [1.82, 2.24) is 0 Å². The van der Waals surface area contributed by atoms with Crippen LogP contribution < -0.4 is 5.73 Å². The summed E-state index contributed by atoms with van der Waals surface area (Å²) in [5.41, 5.74) is 5.10. The summed E-state index contributed by atoms with van der Waals surface area (Å²) in [6.45, 7) is 3.34. The fourth-order valence-corrected chi connectivity index (χ4v) is 0.928. The van der Waals surface area contributed by atoms with Crippen molar-refractivity contribution >= 4 is 5.97 Å². The Bertz CT molecular complexity index is 207. The van der Waals surface area contributed by atoms with E-state index in [1.54, 1.807) is 0 Å². The molecule has 0 rings (SSSR count). The minimum atomic E-state index is -2.85. The Morgan fingerprint density at radius 1 is 1.57 bits per heavy atom. The molecule has 0 saturated carbocycles. The van der Waals surface area contributed by atoms with Gasteiger partial charge in [-0.25, -0.2) is 8.78 Å². The second-order valence-corrected chi connectivity index (χ2v) is 3.17. The van der Waals surface area contributed by atoms with Crippen LogP contribution in [0.3, 0.4) is 0 Å². The van der Waals surface area contributed by atoms with Gasteiger partial charge in [0, 0.05) is 12.8 Å². The van der Waals surface area contributed by atoms with Crippen LogP contribution in [0.15, 0.2) is 12.7 Å². The lowest BCUT2D eigenvalue weighted by molar-refractivity contribution is -0.139. The smallest absolute Gasteiger partial charge is 0.320 e. The van der Waals surface area contributed by atoms with E-state index < -0.39 is 24.4 Å². The molecule has 5 heteroatoms. The van der Waals surface area contributed by atoms with E-state index in [1.165, 1.54) is 6.08 Å². The molecule has 0 amide bonds. The molecule has 1 unspecified atom stereocenters. The highest BCUT2D eigenvalue weighted by molar-refractivity contribution is 5.72. The van der Waals surface area contributed by atoms with E-state index in [2.05, 4.69) is 6.58 Å². The molecule has 0 aromatic rings. The molecular weight excluding hydrogens is 192 g/mol. The Balaban J connectivity index is 3.85. The van der Waals surface area contributed by atoms with E-state index in [1.807, 2.05) is 0 Å². The number of carboxylic acids is 1. The first-order chi connectivity index (χ1) is 6.39. The first kappa shape index (κ1) is 13.0. The number of allylic oxidation sites excluding steroid dienone is 1. The van der Waals surface area contributed by atoms with Crippen LogP contribution in [-0.4, -0.2) is 23.0 Å². The number of carboxylic acid groups (broad SMARTS) is 1. The lowest BCUT2D eigenvalue weighted by atomic mass is 10.0. The number of rotatable bonds is 7. The molecule has 1 atom stereocenters. The highest BCUT2D eigenvalue weighted by Gasteiger charge is 2.29. The third-order valence-corrected chi connectivity index (χ3v) is 1.85. The van der Waals surface area contributed by atoms with Crippen molar-refractivity contribution in [3.05, 3.63) is 12.7 Å². The van der Waals surface area contributed by atoms with Gasteiger partial charge in [0.1, 0.15) is 6.04 Å². The predicted molar refractivity (Wildman–Crippen MR) is 49.2 cm³/mol. The highest BCUT2D eigenvalue weighted by atomic mass is 19.3. The highest BCUT2D eigenvalue weighted by Crippen LogP contribution is 2.26. The summed E-state index contributed by atoms with van der Waals surface area (Å²) in [7, 11) is 0. The zero-order valence-electron chi connectivity index (χ0n) is 7.88. The monoisotopic (exact) mass is 207 g/mol. The molecule has 0 radical (unpaired) electrons. The first-order valence-electron chi connectivity index (χ1n) is 4.36. The van der Waals surface area contributed by atoms with E-state index in [-0.39, 0.29) is 19.3 Å². The molecule has 0 aromatic heterocycles. The molecule has 0 spiro atoms. The van der Waals surface area contributed by atoms with Crippen molar-refractivity contribution in [3.63, 3.8) is 0 Å². The number of nitrogens with two attached hydrogens (primary N) is 1. The standard InChI is InChI=1S/C9H15F2NO2/c1-2-3-5-9(10,11)6-4-7(12)8(13)14/h2,7H,1,3-6,12H2,(H,13,14). The molecule has 0 saturated heterocycles. The van der Waals surface area contributed by atoms with Gasteiger partial charge in [-0.15, -0.1) is 6.58 Å². The molecule has 0 bridgehead atoms. The lowest BCUT2D eigenvalue weighted by Crippen LogP contribution is -2.32. The minimum Gasteiger partial charge on any atom is -0.480 e. The van der Waals surface area contributed by atoms with Crippen molar-refractivity contribution in [1.29, 1.82) is 0 Å². The SMILES string of the molecule is C=CCCC(F)(F)CCC(N)C(=O)O. The van der Waals surface area contributed by atoms with Crippen LogP contribution in [0.2, 0.25) is 0 Å². The topological polar surface area (TPSA) is 63.3 Å². The van der Waals surface area contributed by atoms with Gasteiger partial charge in [-0.3, -0.25) is 4.79 Å². The van der Waals surface area contributed by atoms with Crippen LogP contribution in [0.25, 0.3) is 0 Å². The Morgan fingerprint density at radius 2 is 2.14 bits per heavy atom. The Kier molecular flexibility index (Phi) is 5.30. The molecule has 3 N–H and O–H groups in total. The van der Waals surface area contributed by atoms with Crippen molar-refractivity contribution < 1.29 is 18.7 Å². The van der Waals surface area contributed by atoms with Crippen molar-refractivity contribution in [2.75, 3.05) is 0 Å². The maximum Gasteiger partial charge on any atom is 0.320 e. The molecule has 82 valence electrons. The molecule has 14 heavy (non-hydrogen) atoms. The summed E-state index contributed by atoms with van der Waals surface area (Å²) >= 11 is 0. The molecule has 0 aliphatic carbocycles. The summed E-state index contributed by atoms with van der Waals surface area (Å²) in [5.74, 6) is -4.09. The Hall–Kier alpha value is -0.970. The Labute approximate surface area is 81.6 Å². The van der Waals surface area contributed by atoms with Gasteiger partial charge in [-0.2, -0.15) is 0 Å². The third kappa shape index (κ3) is 5.64. The molecule has 0 aliphatic rings. The van der Waals surface area contributed by atoms with E-state index in [4.69, 9.17) is 10.8 Å². The number of carbonyl (C=O) groups is 1. The lowest BCUT2D eigenvalue weighted by Gasteiger charge is -2.16. The predicted octanol–water partition coefficient (Wildman–Crippen LogP) is 1.78. The van der Waals surface area contributed by atoms with Crippen LogP contribution in [0.4, 0.5) is 8.78 Å². The van der Waals surface area contributed by atoms with Crippen molar-refractivity contribution in [3.8, 4) is 0 Å². The van der Waals surface area contributed by atoms with E-state index >= 15 is 0 Å². The van der Waals surface area contributed by atoms with Gasteiger partial charge in [0.05, 0.1) is 0 Å². The number of halogens is 2. The average molecular weight is 207 g/mol. The second kappa shape index (κ2) is 5.70. The van der Waals surface area contributed by atoms with Gasteiger partial charge < -0.3 is 10.8 Å². The summed E-state index contributed by atoms with van der Waals surface area (Å²) in [5, 5.41) is 8.37. The van der Waals surface area contributed by atoms with Crippen LogP contribution in [0.1, 0.15) is 25.7 Å². The van der Waals surface area contributed by atoms with Crippen LogP contribution in [0, 0.1) is 0 Å². The van der Waals surface area contributed by atoms with Crippen LogP contribution >= 0.6 is 0 Å². The van der Waals surface area contributed by atoms with E-state index in [0.717, 1.165) is 0 Å². The zero-order chi connectivity index (χ0) is 11.2. The summed E-state index contributed by atoms with van der Waals surface area (Å²) in [4.78, 5) is 10.2. The zero-order valence-corrected chi connectivity index (χ0v) is 7.88. The molecule has 0 aliphatic heterocycles. The van der Waals surface area contributed by atoms with Gasteiger partial charge in [0.25, 0.3) is 0 Å². The molecule has 0 fully saturated rings. The van der Waals surface area contributed by atoms with Crippen LogP contribution in [0.5, 0.6) is 0 Å². The summed E-state index contributed by atoms with van der Waals surface area (Å²) in [6, 6.07) is -1.20. The summed E-state index contributed by atoms with van der Waals surface area (Å²) in [6.07, 6.45) is 0.622. The largest absolute Gasteiger partial charge is 0.480 e. The average Bonchev–Trinajstić information content (AvgIpc) is 2.11. The number of alkyl halides is 2. The normalized spacial score (nSPS) is 13.6. The quantitative estimate of drug-likeness (QED) is 0.625. The van der Waals surface area contributed by atoms with Crippen molar-refractivity contribution in [2.45, 2.75) is 37.6 Å². The number of hydrogen-bond acceptors (Lipinski definition) is 2. The van der Waals surface area contributed by atoms with E-state index in [9.17, 15) is 13.6 Å². The minimum absolute atomic E-state index is 0.209. The first-order valence-corrected chi connectivity index (χ1v) is 4.36. The van der Waals surface area contributed by atoms with Gasteiger partial charge >= 0.3 is 5.97 Å². The van der Waals surface area contributed by atoms with Gasteiger partial charge in [0.15, 0.2) is 0 Å². The van der Waals surface area contributed by atoms with Crippen LogP contribution in [-0.2, 0) is 4.79 Å². The fourth-order valence-electron chi connectivity index (χ4n) is 0.928. The van der Waals surface area contributed by atoms with E-state index in [0.29, 0.717) is 0 Å². The third-order valence-electron chi connectivity index (χ3n) is 1.85. The number of hydrogen-bond donors (Lipinski definition) is 2. The molecule has 0 aromatic carbocycles. The molecular formula is C9H15F2NO2. The van der Waals surface area contributed by atoms with Crippen molar-refractivity contribution in [2.24, 2.45) is 5.73 Å². The van der Waals surface area contributed by atoms with Gasteiger partial charge in [-0.1, -0.05) is 6.08 Å². The molecule has 0 heterocycles.